The number of carbonyl (C=O) groups is 1. The maximum Gasteiger partial charge on any atom is 0.514 e. The quantitative estimate of drug-likeness (QED) is 0.235. The van der Waals surface area contributed by atoms with Crippen molar-refractivity contribution in [3.63, 3.8) is 0 Å². The molecule has 170 valence electrons. The first-order valence-corrected chi connectivity index (χ1v) is 12.4. The van der Waals surface area contributed by atoms with Crippen LogP contribution in [0.2, 0.25) is 0 Å². The normalized spacial score (nSPS) is 20.4. The van der Waals surface area contributed by atoms with Gasteiger partial charge in [0.05, 0.1) is 0 Å². The molecular weight excluding hydrogens is 452 g/mol. The van der Waals surface area contributed by atoms with Gasteiger partial charge in [-0.3, -0.25) is 4.55 Å². The van der Waals surface area contributed by atoms with Gasteiger partial charge in [0, 0.05) is 22.6 Å². The van der Waals surface area contributed by atoms with E-state index in [0.717, 1.165) is 0 Å². The molecule has 3 aliphatic carbocycles. The van der Waals surface area contributed by atoms with E-state index in [2.05, 4.69) is 24.3 Å². The predicted octanol–water partition coefficient (Wildman–Crippen LogP) is 5.65. The van der Waals surface area contributed by atoms with Crippen molar-refractivity contribution in [2.45, 2.75) is 29.3 Å². The molecule has 2 bridgehead atoms. The maximum atomic E-state index is 12.9. The van der Waals surface area contributed by atoms with E-state index >= 15 is 0 Å². The van der Waals surface area contributed by atoms with E-state index in [9.17, 15) is 17.8 Å². The van der Waals surface area contributed by atoms with Crippen LogP contribution in [0.5, 0.6) is 5.75 Å². The third-order valence-corrected chi connectivity index (χ3v) is 7.73. The van der Waals surface area contributed by atoms with Crippen LogP contribution in [-0.4, -0.2) is 25.2 Å². The highest BCUT2D eigenvalue weighted by atomic mass is 32.2. The summed E-state index contributed by atoms with van der Waals surface area (Å²) in [7, 11) is -4.43. The monoisotopic (exact) mass is 472 g/mol. The zero-order chi connectivity index (χ0) is 23.4. The van der Waals surface area contributed by atoms with Gasteiger partial charge in [0.2, 0.25) is 0 Å². The van der Waals surface area contributed by atoms with Gasteiger partial charge in [-0.2, -0.15) is 8.42 Å². The standard InChI is InChI=1S/C27H20O6S/c28-27(32-23-13-14-25(34(29,30)31)19-10-4-3-9-18(19)23)33-24-15-22-16-7-1-5-11-20(16)26(24)21-12-6-2-8-17(21)22/h1-14,22,24,26H,15H2,(H,29,30,31). The van der Waals surface area contributed by atoms with Gasteiger partial charge in [-0.15, -0.1) is 0 Å². The second-order valence-electron chi connectivity index (χ2n) is 8.61. The van der Waals surface area contributed by atoms with Gasteiger partial charge in [0.25, 0.3) is 10.1 Å². The molecule has 3 aliphatic rings. The number of hydrogen-bond acceptors (Lipinski definition) is 5. The molecule has 7 heteroatoms. The van der Waals surface area contributed by atoms with Crippen LogP contribution in [0.3, 0.4) is 0 Å². The van der Waals surface area contributed by atoms with Crippen LogP contribution in [0.4, 0.5) is 4.79 Å². The van der Waals surface area contributed by atoms with Crippen molar-refractivity contribution < 1.29 is 27.2 Å². The van der Waals surface area contributed by atoms with Gasteiger partial charge in [0.15, 0.2) is 0 Å². The molecule has 4 aromatic rings. The number of carbonyl (C=O) groups excluding carboxylic acids is 1. The van der Waals surface area contributed by atoms with Crippen molar-refractivity contribution in [2.24, 2.45) is 0 Å². The predicted molar refractivity (Wildman–Crippen MR) is 126 cm³/mol. The summed E-state index contributed by atoms with van der Waals surface area (Å²) < 4.78 is 44.4. The van der Waals surface area contributed by atoms with Crippen molar-refractivity contribution in [3.05, 3.63) is 107 Å². The summed E-state index contributed by atoms with van der Waals surface area (Å²) in [4.78, 5) is 12.6. The van der Waals surface area contributed by atoms with Crippen LogP contribution >= 0.6 is 0 Å². The summed E-state index contributed by atoms with van der Waals surface area (Å²) in [6, 6.07) is 25.6. The van der Waals surface area contributed by atoms with Crippen LogP contribution in [0.1, 0.15) is 40.5 Å². The minimum atomic E-state index is -4.43. The van der Waals surface area contributed by atoms with E-state index in [1.165, 1.54) is 34.4 Å². The lowest BCUT2D eigenvalue weighted by Gasteiger charge is -2.44. The molecule has 1 N–H and O–H groups in total. The van der Waals surface area contributed by atoms with Crippen LogP contribution in [-0.2, 0) is 14.9 Å². The number of rotatable bonds is 3. The molecule has 1 unspecified atom stereocenters. The minimum Gasteiger partial charge on any atom is -0.430 e. The van der Waals surface area contributed by atoms with Crippen molar-refractivity contribution in [1.29, 1.82) is 0 Å². The summed E-state index contributed by atoms with van der Waals surface area (Å²) in [6.07, 6.45) is -0.570. The number of benzene rings is 4. The van der Waals surface area contributed by atoms with E-state index in [0.29, 0.717) is 11.8 Å². The van der Waals surface area contributed by atoms with Crippen molar-refractivity contribution in [2.75, 3.05) is 0 Å². The molecule has 0 radical (unpaired) electrons. The summed E-state index contributed by atoms with van der Waals surface area (Å²) in [6.45, 7) is 0. The molecule has 4 aromatic carbocycles. The van der Waals surface area contributed by atoms with Crippen LogP contribution in [0.25, 0.3) is 10.8 Å². The molecule has 1 atom stereocenters. The van der Waals surface area contributed by atoms with Gasteiger partial charge in [-0.25, -0.2) is 4.79 Å². The van der Waals surface area contributed by atoms with E-state index in [1.54, 1.807) is 24.3 Å². The van der Waals surface area contributed by atoms with Crippen LogP contribution in [0, 0.1) is 0 Å². The Balaban J connectivity index is 1.31. The van der Waals surface area contributed by atoms with Gasteiger partial charge in [0.1, 0.15) is 16.7 Å². The first-order valence-electron chi connectivity index (χ1n) is 11.0. The molecule has 0 fully saturated rings. The first kappa shape index (κ1) is 20.9. The highest BCUT2D eigenvalue weighted by molar-refractivity contribution is 7.86. The van der Waals surface area contributed by atoms with E-state index < -0.39 is 16.3 Å². The van der Waals surface area contributed by atoms with E-state index in [-0.39, 0.29) is 34.0 Å². The molecule has 0 heterocycles. The zero-order valence-corrected chi connectivity index (χ0v) is 18.7. The number of hydrogen-bond donors (Lipinski definition) is 1. The second-order valence-corrected chi connectivity index (χ2v) is 10.0. The molecule has 0 aliphatic heterocycles. The summed E-state index contributed by atoms with van der Waals surface area (Å²) in [5, 5.41) is 0.644. The lowest BCUT2D eigenvalue weighted by atomic mass is 9.62. The Morgan fingerprint density at radius 1 is 0.765 bits per heavy atom. The molecule has 0 aromatic heterocycles. The van der Waals surface area contributed by atoms with Crippen molar-refractivity contribution >= 4 is 27.0 Å². The fraction of sp³-hybridized carbons (Fsp3) is 0.148. The Morgan fingerprint density at radius 3 is 1.94 bits per heavy atom. The molecule has 0 saturated heterocycles. The number of fused-ring (bicyclic) bond motifs is 2. The van der Waals surface area contributed by atoms with E-state index in [1.807, 2.05) is 24.3 Å². The second kappa shape index (κ2) is 7.68. The average molecular weight is 473 g/mol. The SMILES string of the molecule is O=C(Oc1ccc(S(=O)(=O)O)c2ccccc12)OC1CC2c3ccccc3C1c1ccccc12. The highest BCUT2D eigenvalue weighted by Gasteiger charge is 2.45. The largest absolute Gasteiger partial charge is 0.514 e. The molecule has 0 spiro atoms. The smallest absolute Gasteiger partial charge is 0.430 e. The molecule has 0 saturated carbocycles. The Hall–Kier alpha value is -3.68. The summed E-state index contributed by atoms with van der Waals surface area (Å²) >= 11 is 0. The molecule has 6 nitrogen and oxygen atoms in total. The van der Waals surface area contributed by atoms with Crippen LogP contribution in [0.15, 0.2) is 89.8 Å². The van der Waals surface area contributed by atoms with Crippen LogP contribution < -0.4 is 4.74 Å². The lowest BCUT2D eigenvalue weighted by Crippen LogP contribution is -2.39. The third kappa shape index (κ3) is 3.28. The number of ether oxygens (including phenoxy) is 2. The fourth-order valence-electron chi connectivity index (χ4n) is 5.49. The third-order valence-electron chi connectivity index (χ3n) is 6.82. The Kier molecular flexibility index (Phi) is 4.72. The fourth-order valence-corrected chi connectivity index (χ4v) is 6.19. The molecule has 34 heavy (non-hydrogen) atoms. The minimum absolute atomic E-state index is 0.0800. The van der Waals surface area contributed by atoms with Gasteiger partial charge in [-0.05, 0) is 40.8 Å². The Labute approximate surface area is 196 Å². The maximum absolute atomic E-state index is 12.9. The van der Waals surface area contributed by atoms with Crippen molar-refractivity contribution in [1.82, 2.24) is 0 Å². The topological polar surface area (TPSA) is 89.9 Å². The van der Waals surface area contributed by atoms with Gasteiger partial charge >= 0.3 is 6.16 Å². The Morgan fingerprint density at radius 2 is 1.32 bits per heavy atom. The summed E-state index contributed by atoms with van der Waals surface area (Å²) in [5.41, 5.74) is 4.87. The highest BCUT2D eigenvalue weighted by Crippen LogP contribution is 2.53. The zero-order valence-electron chi connectivity index (χ0n) is 17.9. The lowest BCUT2D eigenvalue weighted by molar-refractivity contribution is 0.0385. The molecule has 0 amide bonds. The van der Waals surface area contributed by atoms with Gasteiger partial charge in [-0.1, -0.05) is 72.8 Å². The van der Waals surface area contributed by atoms with Gasteiger partial charge < -0.3 is 9.47 Å². The first-order chi connectivity index (χ1) is 16.4. The molecular formula is C27H20O6S. The summed E-state index contributed by atoms with van der Waals surface area (Å²) in [5.74, 6) is 0.225. The molecule has 7 rings (SSSR count). The Bertz CT molecular complexity index is 1510. The van der Waals surface area contributed by atoms with E-state index in [4.69, 9.17) is 9.47 Å². The van der Waals surface area contributed by atoms with Crippen molar-refractivity contribution in [3.8, 4) is 5.75 Å². The average Bonchev–Trinajstić information content (AvgIpc) is 2.83.